The van der Waals surface area contributed by atoms with Gasteiger partial charge in [0.15, 0.2) is 0 Å². The van der Waals surface area contributed by atoms with Gasteiger partial charge in [-0.05, 0) is 39.9 Å². The molecule has 0 radical (unpaired) electrons. The number of aromatic nitrogens is 2. The second kappa shape index (κ2) is 5.39. The molecule has 0 aliphatic heterocycles. The smallest absolute Gasteiger partial charge is 0.218 e. The average Bonchev–Trinajstić information content (AvgIpc) is 2.89. The Morgan fingerprint density at radius 1 is 0.731 bits per heavy atom. The molecule has 1 aromatic heterocycles. The summed E-state index contributed by atoms with van der Waals surface area (Å²) in [6.07, 6.45) is 0. The zero-order valence-electron chi connectivity index (χ0n) is 14.6. The predicted octanol–water partition coefficient (Wildman–Crippen LogP) is 6.26. The van der Waals surface area contributed by atoms with Crippen molar-refractivity contribution in [1.29, 1.82) is 0 Å². The Kier molecular flexibility index (Phi) is 3.22. The topological polar surface area (TPSA) is 25.8 Å². The minimum Gasteiger partial charge on any atom is -0.218 e. The van der Waals surface area contributed by atoms with Gasteiger partial charge in [-0.1, -0.05) is 74.5 Å². The second-order valence-electron chi connectivity index (χ2n) is 7.26. The van der Waals surface area contributed by atoms with Gasteiger partial charge in [0.25, 0.3) is 0 Å². The number of nitrogens with zero attached hydrogens (tertiary/aromatic N) is 2. The van der Waals surface area contributed by atoms with Crippen molar-refractivity contribution in [3.63, 3.8) is 0 Å². The summed E-state index contributed by atoms with van der Waals surface area (Å²) < 4.78 is 0. The molecular formula is C23H17ClN2. The van der Waals surface area contributed by atoms with Crippen LogP contribution in [0.25, 0.3) is 33.3 Å². The summed E-state index contributed by atoms with van der Waals surface area (Å²) in [5.41, 5.74) is 8.06. The van der Waals surface area contributed by atoms with Gasteiger partial charge in [0.1, 0.15) is 0 Å². The van der Waals surface area contributed by atoms with Crippen LogP contribution in [-0.4, -0.2) is 9.97 Å². The van der Waals surface area contributed by atoms with Crippen LogP contribution in [0.5, 0.6) is 0 Å². The van der Waals surface area contributed by atoms with Crippen LogP contribution in [0.15, 0.2) is 66.7 Å². The molecule has 0 fully saturated rings. The minimum atomic E-state index is -0.0332. The second-order valence-corrected chi connectivity index (χ2v) is 7.60. The van der Waals surface area contributed by atoms with Crippen molar-refractivity contribution in [2.75, 3.05) is 0 Å². The fourth-order valence-corrected chi connectivity index (χ4v) is 4.38. The van der Waals surface area contributed by atoms with E-state index in [9.17, 15) is 0 Å². The van der Waals surface area contributed by atoms with Crippen LogP contribution in [0.2, 0.25) is 5.28 Å². The molecule has 1 aliphatic rings. The molecule has 5 rings (SSSR count). The third-order valence-electron chi connectivity index (χ3n) is 5.44. The molecule has 3 heteroatoms. The van der Waals surface area contributed by atoms with Crippen LogP contribution in [0.1, 0.15) is 25.0 Å². The lowest BCUT2D eigenvalue weighted by Crippen LogP contribution is -2.14. The first kappa shape index (κ1) is 15.5. The van der Waals surface area contributed by atoms with Gasteiger partial charge in [0, 0.05) is 16.4 Å². The van der Waals surface area contributed by atoms with Gasteiger partial charge in [0.2, 0.25) is 5.28 Å². The Labute approximate surface area is 157 Å². The summed E-state index contributed by atoms with van der Waals surface area (Å²) in [5, 5.41) is 1.30. The maximum Gasteiger partial charge on any atom is 0.223 e. The molecule has 0 bridgehead atoms. The van der Waals surface area contributed by atoms with E-state index in [1.165, 1.54) is 22.3 Å². The summed E-state index contributed by atoms with van der Waals surface area (Å²) in [7, 11) is 0. The van der Waals surface area contributed by atoms with Crippen molar-refractivity contribution in [3.8, 4) is 22.4 Å². The molecular weight excluding hydrogens is 340 g/mol. The van der Waals surface area contributed by atoms with E-state index < -0.39 is 0 Å². The molecule has 26 heavy (non-hydrogen) atoms. The molecule has 1 heterocycles. The third kappa shape index (κ3) is 2.06. The number of rotatable bonds is 1. The Morgan fingerprint density at radius 2 is 1.42 bits per heavy atom. The number of para-hydroxylation sites is 1. The van der Waals surface area contributed by atoms with Crippen molar-refractivity contribution in [3.05, 3.63) is 83.1 Å². The standard InChI is InChI=1S/C23H17ClN2/c1-23(2)17-11-5-3-8-14(17)20-16(10-7-12-18(20)23)21-15-9-4-6-13-19(15)25-22(24)26-21/h3-13H,1-2H3. The number of hydrogen-bond donors (Lipinski definition) is 0. The molecule has 0 saturated heterocycles. The fraction of sp³-hybridized carbons (Fsp3) is 0.130. The monoisotopic (exact) mass is 356 g/mol. The van der Waals surface area contributed by atoms with Gasteiger partial charge >= 0.3 is 0 Å². The lowest BCUT2D eigenvalue weighted by atomic mass is 9.82. The van der Waals surface area contributed by atoms with E-state index in [1.807, 2.05) is 18.2 Å². The molecule has 0 spiro atoms. The van der Waals surface area contributed by atoms with Gasteiger partial charge in [-0.2, -0.15) is 0 Å². The Balaban J connectivity index is 1.91. The molecule has 126 valence electrons. The molecule has 4 aromatic rings. The largest absolute Gasteiger partial charge is 0.223 e. The Bertz CT molecular complexity index is 1180. The first-order valence-electron chi connectivity index (χ1n) is 8.73. The Hall–Kier alpha value is -2.71. The van der Waals surface area contributed by atoms with Gasteiger partial charge in [-0.15, -0.1) is 0 Å². The van der Waals surface area contributed by atoms with Gasteiger partial charge in [0.05, 0.1) is 11.2 Å². The van der Waals surface area contributed by atoms with Crippen LogP contribution in [-0.2, 0) is 5.41 Å². The SMILES string of the molecule is CC1(C)c2ccccc2-c2c(-c3nc(Cl)nc4ccccc34)cccc21. The van der Waals surface area contributed by atoms with E-state index in [2.05, 4.69) is 72.3 Å². The maximum absolute atomic E-state index is 6.26. The van der Waals surface area contributed by atoms with E-state index in [-0.39, 0.29) is 10.7 Å². The molecule has 1 aliphatic carbocycles. The van der Waals surface area contributed by atoms with E-state index in [1.54, 1.807) is 0 Å². The highest BCUT2D eigenvalue weighted by Gasteiger charge is 2.36. The molecule has 2 nitrogen and oxygen atoms in total. The zero-order valence-corrected chi connectivity index (χ0v) is 15.4. The van der Waals surface area contributed by atoms with E-state index in [0.29, 0.717) is 0 Å². The van der Waals surface area contributed by atoms with Crippen molar-refractivity contribution >= 4 is 22.5 Å². The average molecular weight is 357 g/mol. The number of hydrogen-bond acceptors (Lipinski definition) is 2. The summed E-state index contributed by atoms with van der Waals surface area (Å²) in [6.45, 7) is 4.57. The first-order chi connectivity index (χ1) is 12.6. The molecule has 0 unspecified atom stereocenters. The molecule has 0 atom stereocenters. The predicted molar refractivity (Wildman–Crippen MR) is 108 cm³/mol. The quantitative estimate of drug-likeness (QED) is 0.376. The molecule has 0 amide bonds. The third-order valence-corrected chi connectivity index (χ3v) is 5.61. The summed E-state index contributed by atoms with van der Waals surface area (Å²) >= 11 is 6.26. The van der Waals surface area contributed by atoms with E-state index in [0.717, 1.165) is 22.2 Å². The number of halogens is 1. The lowest BCUT2D eigenvalue weighted by Gasteiger charge is -2.21. The van der Waals surface area contributed by atoms with Crippen molar-refractivity contribution in [1.82, 2.24) is 9.97 Å². The highest BCUT2D eigenvalue weighted by molar-refractivity contribution is 6.29. The molecule has 0 N–H and O–H groups in total. The summed E-state index contributed by atoms with van der Waals surface area (Å²) in [5.74, 6) is 0. The maximum atomic E-state index is 6.26. The van der Waals surface area contributed by atoms with Crippen LogP contribution in [0.3, 0.4) is 0 Å². The van der Waals surface area contributed by atoms with E-state index in [4.69, 9.17) is 11.6 Å². The van der Waals surface area contributed by atoms with Gasteiger partial charge < -0.3 is 0 Å². The van der Waals surface area contributed by atoms with Gasteiger partial charge in [-0.25, -0.2) is 9.97 Å². The van der Waals surface area contributed by atoms with Crippen molar-refractivity contribution in [2.24, 2.45) is 0 Å². The Morgan fingerprint density at radius 3 is 2.31 bits per heavy atom. The van der Waals surface area contributed by atoms with Crippen LogP contribution < -0.4 is 0 Å². The zero-order chi connectivity index (χ0) is 17.9. The van der Waals surface area contributed by atoms with E-state index >= 15 is 0 Å². The lowest BCUT2D eigenvalue weighted by molar-refractivity contribution is 0.660. The highest BCUT2D eigenvalue weighted by atomic mass is 35.5. The van der Waals surface area contributed by atoms with Crippen LogP contribution in [0.4, 0.5) is 0 Å². The van der Waals surface area contributed by atoms with Crippen LogP contribution >= 0.6 is 11.6 Å². The summed E-state index contributed by atoms with van der Waals surface area (Å²) in [6, 6.07) is 23.2. The number of fused-ring (bicyclic) bond motifs is 4. The minimum absolute atomic E-state index is 0.0332. The van der Waals surface area contributed by atoms with Gasteiger partial charge in [-0.3, -0.25) is 0 Å². The normalized spacial score (nSPS) is 14.3. The summed E-state index contributed by atoms with van der Waals surface area (Å²) in [4.78, 5) is 9.01. The van der Waals surface area contributed by atoms with Crippen LogP contribution in [0, 0.1) is 0 Å². The van der Waals surface area contributed by atoms with Crippen molar-refractivity contribution < 1.29 is 0 Å². The molecule has 3 aromatic carbocycles. The first-order valence-corrected chi connectivity index (χ1v) is 9.11. The highest BCUT2D eigenvalue weighted by Crippen LogP contribution is 2.52. The van der Waals surface area contributed by atoms with Crippen molar-refractivity contribution in [2.45, 2.75) is 19.3 Å². The fourth-order valence-electron chi connectivity index (χ4n) is 4.21. The molecule has 0 saturated carbocycles. The number of benzene rings is 3.